The number of benzene rings is 1. The monoisotopic (exact) mass is 569 g/mol. The zero-order chi connectivity index (χ0) is 29.3. The molecule has 222 valence electrons. The van der Waals surface area contributed by atoms with E-state index in [0.29, 0.717) is 24.3 Å². The molecule has 11 heteroatoms. The number of carboxylic acid groups (broad SMARTS) is 1. The number of aliphatic hydroxyl groups is 1. The van der Waals surface area contributed by atoms with Gasteiger partial charge < -0.3 is 40.1 Å². The molecule has 1 saturated heterocycles. The lowest BCUT2D eigenvalue weighted by molar-refractivity contribution is -0.950. The van der Waals surface area contributed by atoms with Crippen molar-refractivity contribution in [3.63, 3.8) is 0 Å². The molecule has 5 N–H and O–H groups in total. The van der Waals surface area contributed by atoms with E-state index in [9.17, 15) is 19.5 Å². The van der Waals surface area contributed by atoms with Crippen molar-refractivity contribution in [2.24, 2.45) is 11.7 Å². The largest absolute Gasteiger partial charge is 0.481 e. The highest BCUT2D eigenvalue weighted by Crippen LogP contribution is 2.67. The van der Waals surface area contributed by atoms with E-state index in [2.05, 4.69) is 18.9 Å². The van der Waals surface area contributed by atoms with Crippen molar-refractivity contribution in [1.82, 2.24) is 10.2 Å². The molecule has 2 amide bonds. The minimum absolute atomic E-state index is 0.0767. The Morgan fingerprint density at radius 3 is 2.78 bits per heavy atom. The molecule has 3 aliphatic carbocycles. The number of likely N-dealkylation sites (tertiary alicyclic amines) is 1. The van der Waals surface area contributed by atoms with Crippen molar-refractivity contribution in [1.29, 1.82) is 0 Å². The van der Waals surface area contributed by atoms with E-state index in [1.807, 2.05) is 6.07 Å². The highest BCUT2D eigenvalue weighted by atomic mass is 16.6. The quantitative estimate of drug-likeness (QED) is 0.257. The summed E-state index contributed by atoms with van der Waals surface area (Å²) in [6.45, 7) is 6.64. The Balaban J connectivity index is 1.22. The lowest BCUT2D eigenvalue weighted by Crippen LogP contribution is -2.80. The van der Waals surface area contributed by atoms with Crippen LogP contribution in [0.2, 0.25) is 0 Å². The number of rotatable bonds is 9. The maximum absolute atomic E-state index is 13.0. The molecule has 0 radical (unpaired) electrons. The molecule has 5 aliphatic rings. The number of hydrogen-bond donors (Lipinski definition) is 4. The van der Waals surface area contributed by atoms with Crippen molar-refractivity contribution in [3.8, 4) is 11.5 Å². The number of aliphatic carboxylic acids is 1. The smallest absolute Gasteiger partial charge is 0.415 e. The summed E-state index contributed by atoms with van der Waals surface area (Å²) < 4.78 is 13.3. The maximum Gasteiger partial charge on any atom is 0.415 e. The van der Waals surface area contributed by atoms with Crippen LogP contribution in [0, 0.1) is 5.92 Å². The number of ether oxygens (including phenoxy) is 2. The second-order valence-electron chi connectivity index (χ2n) is 13.1. The minimum Gasteiger partial charge on any atom is -0.481 e. The summed E-state index contributed by atoms with van der Waals surface area (Å²) in [7, 11) is 3.87. The Morgan fingerprint density at radius 1 is 1.32 bits per heavy atom. The van der Waals surface area contributed by atoms with Crippen molar-refractivity contribution in [2.45, 2.75) is 74.1 Å². The number of likely N-dealkylation sites (N-methyl/N-ethyl adjacent to an activating group) is 2. The van der Waals surface area contributed by atoms with Crippen LogP contribution in [0.5, 0.6) is 11.5 Å². The molecular weight excluding hydrogens is 528 g/mol. The fourth-order valence-electron chi connectivity index (χ4n) is 8.16. The van der Waals surface area contributed by atoms with Gasteiger partial charge in [0.2, 0.25) is 5.91 Å². The molecule has 1 aromatic carbocycles. The van der Waals surface area contributed by atoms with Gasteiger partial charge in [-0.05, 0) is 42.9 Å². The molecular formula is C30H41N4O7+. The summed E-state index contributed by atoms with van der Waals surface area (Å²) in [5.41, 5.74) is 7.15. The number of quaternary nitrogens is 1. The van der Waals surface area contributed by atoms with Crippen molar-refractivity contribution >= 4 is 18.0 Å². The van der Waals surface area contributed by atoms with E-state index in [0.717, 1.165) is 53.0 Å². The second kappa shape index (κ2) is 9.71. The van der Waals surface area contributed by atoms with E-state index in [4.69, 9.17) is 20.3 Å². The SMILES string of the molecule is C=C1CC[C@@]2(O)[C@H]3Cc4ccc(OC(=O)N(C)CCNC(=O)[C@@H](N)CC(=O)O)c5c4[C@@]2(CC[N+]3(C)CC2CC2)[C@H]1O5. The van der Waals surface area contributed by atoms with Crippen LogP contribution in [0.3, 0.4) is 0 Å². The van der Waals surface area contributed by atoms with Crippen LogP contribution in [-0.2, 0) is 21.4 Å². The van der Waals surface area contributed by atoms with Crippen molar-refractivity contribution in [2.75, 3.05) is 40.3 Å². The third kappa shape index (κ3) is 4.31. The van der Waals surface area contributed by atoms with E-state index < -0.39 is 41.4 Å². The lowest BCUT2D eigenvalue weighted by Gasteiger charge is -2.65. The van der Waals surface area contributed by atoms with Gasteiger partial charge in [-0.3, -0.25) is 9.59 Å². The Morgan fingerprint density at radius 2 is 2.07 bits per heavy atom. The summed E-state index contributed by atoms with van der Waals surface area (Å²) in [6.07, 6.45) is 3.99. The number of carbonyl (C=O) groups is 3. The third-order valence-electron chi connectivity index (χ3n) is 10.4. The van der Waals surface area contributed by atoms with Crippen LogP contribution in [-0.4, -0.2) is 102 Å². The predicted molar refractivity (Wildman–Crippen MR) is 149 cm³/mol. The van der Waals surface area contributed by atoms with Gasteiger partial charge in [-0.1, -0.05) is 12.6 Å². The summed E-state index contributed by atoms with van der Waals surface area (Å²) in [5, 5.41) is 24.0. The van der Waals surface area contributed by atoms with E-state index in [-0.39, 0.29) is 25.2 Å². The molecule has 3 fully saturated rings. The first-order chi connectivity index (χ1) is 19.4. The van der Waals surface area contributed by atoms with Gasteiger partial charge in [0.05, 0.1) is 38.0 Å². The standard InChI is InChI=1S/C30H40N4O7/c1-17-8-9-30(39)22-14-19-6-7-21(40-28(38)33(2)12-11-32-27(37)20(31)15-23(35)36)25-24(19)29(30,26(17)41-25)10-13-34(22,3)16-18-4-5-18/h6-7,18,20,22,26,39H,1,4-5,8-16,31H2,2-3H3,(H-,32,35,36,37)/p+1/t20-,22+,26-,29-,30+,34?/m0/s1. The zero-order valence-corrected chi connectivity index (χ0v) is 23.9. The van der Waals surface area contributed by atoms with Gasteiger partial charge in [0.25, 0.3) is 0 Å². The second-order valence-corrected chi connectivity index (χ2v) is 13.1. The topological polar surface area (TPSA) is 151 Å². The van der Waals surface area contributed by atoms with Crippen LogP contribution in [0.4, 0.5) is 4.79 Å². The molecule has 1 unspecified atom stereocenters. The molecule has 2 aliphatic heterocycles. The highest BCUT2D eigenvalue weighted by Gasteiger charge is 2.75. The molecule has 41 heavy (non-hydrogen) atoms. The van der Waals surface area contributed by atoms with Crippen LogP contribution >= 0.6 is 0 Å². The van der Waals surface area contributed by atoms with Gasteiger partial charge in [-0.2, -0.15) is 0 Å². The summed E-state index contributed by atoms with van der Waals surface area (Å²) in [4.78, 5) is 37.1. The Kier molecular flexibility index (Phi) is 6.63. The Bertz CT molecular complexity index is 1310. The van der Waals surface area contributed by atoms with Gasteiger partial charge in [0.1, 0.15) is 17.7 Å². The number of carbonyl (C=O) groups excluding carboxylic acids is 2. The average Bonchev–Trinajstić information content (AvgIpc) is 3.64. The van der Waals surface area contributed by atoms with Gasteiger partial charge >= 0.3 is 12.1 Å². The van der Waals surface area contributed by atoms with Crippen LogP contribution in [0.1, 0.15) is 49.7 Å². The van der Waals surface area contributed by atoms with Crippen LogP contribution < -0.4 is 20.5 Å². The number of piperidine rings is 1. The first-order valence-corrected chi connectivity index (χ1v) is 14.6. The lowest BCUT2D eigenvalue weighted by atomic mass is 9.48. The minimum atomic E-state index is -1.16. The highest BCUT2D eigenvalue weighted by molar-refractivity contribution is 5.85. The first-order valence-electron chi connectivity index (χ1n) is 14.6. The molecule has 6 atom stereocenters. The van der Waals surface area contributed by atoms with Gasteiger partial charge in [0, 0.05) is 44.5 Å². The number of carboxylic acids is 1. The normalized spacial score (nSPS) is 33.3. The summed E-state index contributed by atoms with van der Waals surface area (Å²) >= 11 is 0. The number of nitrogens with zero attached hydrogens (tertiary/aromatic N) is 2. The van der Waals surface area contributed by atoms with Crippen LogP contribution in [0.25, 0.3) is 0 Å². The Labute approximate surface area is 239 Å². The zero-order valence-electron chi connectivity index (χ0n) is 23.9. The van der Waals surface area contributed by atoms with Gasteiger partial charge in [-0.25, -0.2) is 4.79 Å². The van der Waals surface area contributed by atoms with E-state index in [1.54, 1.807) is 13.1 Å². The van der Waals surface area contributed by atoms with E-state index >= 15 is 0 Å². The van der Waals surface area contributed by atoms with Crippen molar-refractivity contribution in [3.05, 3.63) is 35.4 Å². The Hall–Kier alpha value is -3.15. The first kappa shape index (κ1) is 28.0. The van der Waals surface area contributed by atoms with Crippen LogP contribution in [0.15, 0.2) is 24.3 Å². The number of nitrogens with two attached hydrogens (primary N) is 1. The molecule has 11 nitrogen and oxygen atoms in total. The molecule has 1 aromatic rings. The summed E-state index contributed by atoms with van der Waals surface area (Å²) in [6, 6.07) is 2.72. The number of amides is 2. The third-order valence-corrected chi connectivity index (χ3v) is 10.4. The fraction of sp³-hybridized carbons (Fsp3) is 0.633. The summed E-state index contributed by atoms with van der Waals surface area (Å²) in [5.74, 6) is -0.174. The maximum atomic E-state index is 13.0. The molecule has 2 bridgehead atoms. The molecule has 2 heterocycles. The average molecular weight is 570 g/mol. The molecule has 2 saturated carbocycles. The molecule has 0 aromatic heterocycles. The predicted octanol–water partition coefficient (Wildman–Crippen LogP) is 1.30. The fourth-order valence-corrected chi connectivity index (χ4v) is 8.16. The number of hydrogen-bond acceptors (Lipinski definition) is 7. The van der Waals surface area contributed by atoms with Gasteiger partial charge in [0.15, 0.2) is 11.5 Å². The van der Waals surface area contributed by atoms with E-state index in [1.165, 1.54) is 17.7 Å². The molecule has 6 rings (SSSR count). The van der Waals surface area contributed by atoms with Gasteiger partial charge in [-0.15, -0.1) is 0 Å². The van der Waals surface area contributed by atoms with Crippen molar-refractivity contribution < 1.29 is 38.6 Å². The molecule has 1 spiro atoms. The number of nitrogens with one attached hydrogen (secondary N) is 1.